The smallest absolute Gasteiger partial charge is 0.176 e. The lowest BCUT2D eigenvalue weighted by Gasteiger charge is -2.32. The number of hydrazine groups is 1. The molecule has 0 saturated heterocycles. The summed E-state index contributed by atoms with van der Waals surface area (Å²) in [5.74, 6) is 1.43. The third kappa shape index (κ3) is 2.86. The van der Waals surface area contributed by atoms with E-state index in [-0.39, 0.29) is 0 Å². The number of fused-ring (bicyclic) bond motifs is 1. The van der Waals surface area contributed by atoms with Gasteiger partial charge in [-0.2, -0.15) is 5.10 Å². The summed E-state index contributed by atoms with van der Waals surface area (Å²) in [6.45, 7) is 2.70. The highest BCUT2D eigenvalue weighted by Crippen LogP contribution is 2.24. The van der Waals surface area contributed by atoms with Crippen molar-refractivity contribution in [2.24, 2.45) is 4.99 Å². The van der Waals surface area contributed by atoms with Crippen LogP contribution in [0.4, 0.5) is 11.5 Å². The normalized spacial score (nSPS) is 15.2. The van der Waals surface area contributed by atoms with Crippen molar-refractivity contribution in [1.82, 2.24) is 15.6 Å². The molecule has 0 spiro atoms. The minimum Gasteiger partial charge on any atom is -0.282 e. The van der Waals surface area contributed by atoms with Gasteiger partial charge in [-0.25, -0.2) is 4.99 Å². The van der Waals surface area contributed by atoms with Gasteiger partial charge in [-0.3, -0.25) is 15.5 Å². The van der Waals surface area contributed by atoms with Crippen molar-refractivity contribution < 1.29 is 0 Å². The van der Waals surface area contributed by atoms with Crippen molar-refractivity contribution in [3.63, 3.8) is 0 Å². The van der Waals surface area contributed by atoms with Gasteiger partial charge in [-0.15, -0.1) is 0 Å². The number of nitrogens with zero attached hydrogens (tertiary/aromatic N) is 3. The minimum absolute atomic E-state index is 0.655. The summed E-state index contributed by atoms with van der Waals surface area (Å²) in [5, 5.41) is 9.89. The van der Waals surface area contributed by atoms with Crippen LogP contribution in [0.3, 0.4) is 0 Å². The highest BCUT2D eigenvalue weighted by atomic mass is 35.5. The van der Waals surface area contributed by atoms with Gasteiger partial charge < -0.3 is 0 Å². The van der Waals surface area contributed by atoms with Crippen molar-refractivity contribution in [3.05, 3.63) is 76.4 Å². The predicted molar refractivity (Wildman–Crippen MR) is 96.7 cm³/mol. The van der Waals surface area contributed by atoms with Crippen LogP contribution in [0.25, 0.3) is 0 Å². The van der Waals surface area contributed by atoms with Crippen LogP contribution in [-0.4, -0.2) is 16.0 Å². The van der Waals surface area contributed by atoms with Crippen molar-refractivity contribution in [2.75, 3.05) is 5.01 Å². The van der Waals surface area contributed by atoms with E-state index in [0.29, 0.717) is 5.82 Å². The summed E-state index contributed by atoms with van der Waals surface area (Å²) in [6.07, 6.45) is 0. The quantitative estimate of drug-likeness (QED) is 0.743. The molecule has 5 nitrogen and oxygen atoms in total. The lowest BCUT2D eigenvalue weighted by Crippen LogP contribution is -2.46. The molecular formula is C18H16ClN5. The molecule has 1 aliphatic rings. The molecule has 0 fully saturated rings. The first-order valence-electron chi connectivity index (χ1n) is 7.68. The topological polar surface area (TPSA) is 56.3 Å². The van der Waals surface area contributed by atoms with E-state index in [1.54, 1.807) is 0 Å². The standard InChI is InChI=1S/C18H16ClN5/c1-12-10-17(22-21-12)20-18-16-5-3-2-4-13(16)11-24(23-18)15-8-6-14(19)7-9-15/h2-10H,11H2,1H3,(H2,20,21,22,23). The van der Waals surface area contributed by atoms with Gasteiger partial charge >= 0.3 is 0 Å². The van der Waals surface area contributed by atoms with E-state index in [1.807, 2.05) is 49.4 Å². The van der Waals surface area contributed by atoms with Gasteiger partial charge in [0.2, 0.25) is 0 Å². The molecule has 0 aliphatic carbocycles. The zero-order valence-corrected chi connectivity index (χ0v) is 13.9. The summed E-state index contributed by atoms with van der Waals surface area (Å²) in [6, 6.07) is 17.9. The Morgan fingerprint density at radius 3 is 2.67 bits per heavy atom. The maximum Gasteiger partial charge on any atom is 0.176 e. The van der Waals surface area contributed by atoms with Crippen molar-refractivity contribution in [2.45, 2.75) is 13.5 Å². The molecule has 2 heterocycles. The summed E-state index contributed by atoms with van der Waals surface area (Å²) < 4.78 is 0. The number of aromatic amines is 1. The first kappa shape index (κ1) is 14.8. The first-order chi connectivity index (χ1) is 11.7. The zero-order chi connectivity index (χ0) is 16.5. The number of H-pyrrole nitrogens is 1. The van der Waals surface area contributed by atoms with Crippen LogP contribution in [-0.2, 0) is 6.54 Å². The zero-order valence-electron chi connectivity index (χ0n) is 13.1. The third-order valence-corrected chi connectivity index (χ3v) is 4.15. The Morgan fingerprint density at radius 2 is 1.92 bits per heavy atom. The van der Waals surface area contributed by atoms with Crippen LogP contribution < -0.4 is 10.4 Å². The number of aromatic nitrogens is 2. The monoisotopic (exact) mass is 337 g/mol. The molecule has 120 valence electrons. The second kappa shape index (κ2) is 6.02. The molecule has 4 rings (SSSR count). The molecule has 24 heavy (non-hydrogen) atoms. The number of nitrogens with one attached hydrogen (secondary N) is 2. The maximum absolute atomic E-state index is 6.00. The highest BCUT2D eigenvalue weighted by Gasteiger charge is 2.21. The molecule has 1 aromatic heterocycles. The number of rotatable bonds is 2. The highest BCUT2D eigenvalue weighted by molar-refractivity contribution is 6.30. The van der Waals surface area contributed by atoms with Crippen molar-refractivity contribution >= 4 is 28.9 Å². The number of aliphatic imine (C=N–C) groups is 1. The molecule has 0 radical (unpaired) electrons. The van der Waals surface area contributed by atoms with Crippen molar-refractivity contribution in [3.8, 4) is 0 Å². The van der Waals surface area contributed by atoms with E-state index in [1.165, 1.54) is 5.56 Å². The third-order valence-electron chi connectivity index (χ3n) is 3.90. The Morgan fingerprint density at radius 1 is 1.12 bits per heavy atom. The van der Waals surface area contributed by atoms with Gasteiger partial charge in [0.05, 0.1) is 12.2 Å². The van der Waals surface area contributed by atoms with Gasteiger partial charge in [0, 0.05) is 22.3 Å². The van der Waals surface area contributed by atoms with Gasteiger partial charge in [0.15, 0.2) is 11.7 Å². The predicted octanol–water partition coefficient (Wildman–Crippen LogP) is 3.97. The molecule has 1 aliphatic heterocycles. The maximum atomic E-state index is 6.00. The molecule has 3 aromatic rings. The second-order valence-electron chi connectivity index (χ2n) is 5.70. The molecule has 6 heteroatoms. The summed E-state index contributed by atoms with van der Waals surface area (Å²) in [5.41, 5.74) is 7.69. The Bertz CT molecular complexity index is 898. The van der Waals surface area contributed by atoms with E-state index in [2.05, 4.69) is 37.8 Å². The van der Waals surface area contributed by atoms with Crippen LogP contribution in [0.2, 0.25) is 5.02 Å². The number of anilines is 1. The lowest BCUT2D eigenvalue weighted by atomic mass is 10.0. The molecule has 2 N–H and O–H groups in total. The number of hydrogen-bond acceptors (Lipinski definition) is 3. The van der Waals surface area contributed by atoms with E-state index in [0.717, 1.165) is 34.3 Å². The molecule has 2 aromatic carbocycles. The molecule has 0 atom stereocenters. The molecule has 0 amide bonds. The van der Waals surface area contributed by atoms with Crippen LogP contribution in [0.5, 0.6) is 0 Å². The second-order valence-corrected chi connectivity index (χ2v) is 6.14. The average Bonchev–Trinajstić information content (AvgIpc) is 3.00. The fourth-order valence-electron chi connectivity index (χ4n) is 2.72. The molecule has 0 saturated carbocycles. The Kier molecular flexibility index (Phi) is 3.70. The van der Waals surface area contributed by atoms with E-state index in [4.69, 9.17) is 11.6 Å². The number of benzene rings is 2. The van der Waals surface area contributed by atoms with Gasteiger partial charge in [-0.1, -0.05) is 35.9 Å². The van der Waals surface area contributed by atoms with Crippen LogP contribution >= 0.6 is 11.6 Å². The summed E-state index contributed by atoms with van der Waals surface area (Å²) in [7, 11) is 0. The summed E-state index contributed by atoms with van der Waals surface area (Å²) >= 11 is 6.00. The fraction of sp³-hybridized carbons (Fsp3) is 0.111. The van der Waals surface area contributed by atoms with Crippen molar-refractivity contribution in [1.29, 1.82) is 0 Å². The van der Waals surface area contributed by atoms with E-state index in [9.17, 15) is 0 Å². The molecule has 0 bridgehead atoms. The van der Waals surface area contributed by atoms with Crippen LogP contribution in [0.1, 0.15) is 16.8 Å². The SMILES string of the molecule is Cc1cc(N=C2NN(c3ccc(Cl)cc3)Cc3ccccc32)n[nH]1. The molecule has 0 unspecified atom stereocenters. The Hall–Kier alpha value is -2.79. The number of amidine groups is 1. The van der Waals surface area contributed by atoms with Gasteiger partial charge in [0.25, 0.3) is 0 Å². The first-order valence-corrected chi connectivity index (χ1v) is 8.05. The summed E-state index contributed by atoms with van der Waals surface area (Å²) in [4.78, 5) is 4.67. The van der Waals surface area contributed by atoms with Gasteiger partial charge in [0.1, 0.15) is 0 Å². The largest absolute Gasteiger partial charge is 0.282 e. The number of halogens is 1. The lowest BCUT2D eigenvalue weighted by molar-refractivity contribution is 0.741. The van der Waals surface area contributed by atoms with Crippen LogP contribution in [0, 0.1) is 6.92 Å². The van der Waals surface area contributed by atoms with Gasteiger partial charge in [-0.05, 0) is 36.8 Å². The number of aryl methyl sites for hydroxylation is 1. The fourth-order valence-corrected chi connectivity index (χ4v) is 2.85. The minimum atomic E-state index is 0.655. The Balaban J connectivity index is 1.75. The number of hydrogen-bond donors (Lipinski definition) is 2. The van der Waals surface area contributed by atoms with E-state index >= 15 is 0 Å². The van der Waals surface area contributed by atoms with E-state index < -0.39 is 0 Å². The average molecular weight is 338 g/mol. The Labute approximate surface area is 145 Å². The molecular weight excluding hydrogens is 322 g/mol. The van der Waals surface area contributed by atoms with Crippen LogP contribution in [0.15, 0.2) is 59.6 Å².